The standard InChI is InChI=1S/C11H15N5/c1-8-2-4-9(5-3-8)6-7-10-14-15-11(12)16(10)13/h2-5H,6-7,13H2,1H3,(H2,12,15). The van der Waals surface area contributed by atoms with Crippen LogP contribution in [0.1, 0.15) is 17.0 Å². The summed E-state index contributed by atoms with van der Waals surface area (Å²) in [6.45, 7) is 2.07. The summed E-state index contributed by atoms with van der Waals surface area (Å²) >= 11 is 0. The van der Waals surface area contributed by atoms with Crippen molar-refractivity contribution in [1.82, 2.24) is 14.9 Å². The third-order valence-electron chi connectivity index (χ3n) is 2.55. The van der Waals surface area contributed by atoms with Gasteiger partial charge in [-0.05, 0) is 18.9 Å². The largest absolute Gasteiger partial charge is 0.366 e. The molecule has 0 aliphatic heterocycles. The number of aromatic nitrogens is 3. The molecule has 1 aromatic carbocycles. The second kappa shape index (κ2) is 4.22. The van der Waals surface area contributed by atoms with Crippen LogP contribution in [0, 0.1) is 6.92 Å². The number of hydrogen-bond donors (Lipinski definition) is 2. The van der Waals surface area contributed by atoms with Crippen molar-refractivity contribution in [2.45, 2.75) is 19.8 Å². The Morgan fingerprint density at radius 1 is 1.12 bits per heavy atom. The third kappa shape index (κ3) is 2.13. The van der Waals surface area contributed by atoms with Gasteiger partial charge in [0, 0.05) is 6.42 Å². The topological polar surface area (TPSA) is 82.8 Å². The van der Waals surface area contributed by atoms with Gasteiger partial charge in [0.25, 0.3) is 0 Å². The normalized spacial score (nSPS) is 10.6. The highest BCUT2D eigenvalue weighted by Crippen LogP contribution is 2.07. The molecule has 0 radical (unpaired) electrons. The van der Waals surface area contributed by atoms with Gasteiger partial charge < -0.3 is 11.6 Å². The van der Waals surface area contributed by atoms with Gasteiger partial charge in [-0.15, -0.1) is 10.2 Å². The quantitative estimate of drug-likeness (QED) is 0.740. The van der Waals surface area contributed by atoms with E-state index in [4.69, 9.17) is 11.6 Å². The van der Waals surface area contributed by atoms with E-state index in [1.165, 1.54) is 15.8 Å². The van der Waals surface area contributed by atoms with Crippen molar-refractivity contribution in [2.75, 3.05) is 11.6 Å². The van der Waals surface area contributed by atoms with E-state index >= 15 is 0 Å². The molecule has 84 valence electrons. The molecule has 2 rings (SSSR count). The number of anilines is 1. The summed E-state index contributed by atoms with van der Waals surface area (Å²) in [6.07, 6.45) is 1.62. The number of nitrogen functional groups attached to an aromatic ring is 2. The maximum atomic E-state index is 5.66. The molecule has 5 heteroatoms. The zero-order chi connectivity index (χ0) is 11.5. The molecule has 1 aromatic heterocycles. The van der Waals surface area contributed by atoms with E-state index in [2.05, 4.69) is 41.4 Å². The van der Waals surface area contributed by atoms with Crippen molar-refractivity contribution in [1.29, 1.82) is 0 Å². The summed E-state index contributed by atoms with van der Waals surface area (Å²) in [5.41, 5.74) is 8.01. The molecule has 0 atom stereocenters. The van der Waals surface area contributed by atoms with Crippen molar-refractivity contribution < 1.29 is 0 Å². The molecule has 1 heterocycles. The first-order chi connectivity index (χ1) is 7.66. The zero-order valence-electron chi connectivity index (χ0n) is 9.22. The summed E-state index contributed by atoms with van der Waals surface area (Å²) in [7, 11) is 0. The Hall–Kier alpha value is -2.04. The second-order valence-electron chi connectivity index (χ2n) is 3.83. The molecule has 0 aliphatic carbocycles. The van der Waals surface area contributed by atoms with Gasteiger partial charge in [0.05, 0.1) is 0 Å². The predicted molar refractivity (Wildman–Crippen MR) is 63.2 cm³/mol. The molecule has 0 amide bonds. The van der Waals surface area contributed by atoms with E-state index in [1.54, 1.807) is 0 Å². The van der Waals surface area contributed by atoms with E-state index < -0.39 is 0 Å². The number of aryl methyl sites for hydroxylation is 3. The molecule has 0 fully saturated rings. The lowest BCUT2D eigenvalue weighted by atomic mass is 10.1. The smallest absolute Gasteiger partial charge is 0.240 e. The summed E-state index contributed by atoms with van der Waals surface area (Å²) in [6, 6.07) is 8.40. The maximum absolute atomic E-state index is 5.66. The van der Waals surface area contributed by atoms with Gasteiger partial charge in [0.15, 0.2) is 5.82 Å². The molecule has 4 N–H and O–H groups in total. The second-order valence-corrected chi connectivity index (χ2v) is 3.83. The lowest BCUT2D eigenvalue weighted by molar-refractivity contribution is 0.805. The van der Waals surface area contributed by atoms with Crippen LogP contribution in [0.4, 0.5) is 5.95 Å². The number of nitrogens with two attached hydrogens (primary N) is 2. The van der Waals surface area contributed by atoms with Crippen LogP contribution in [-0.2, 0) is 12.8 Å². The van der Waals surface area contributed by atoms with Crippen LogP contribution in [0.2, 0.25) is 0 Å². The Labute approximate surface area is 94.1 Å². The van der Waals surface area contributed by atoms with Gasteiger partial charge in [-0.25, -0.2) is 4.68 Å². The fourth-order valence-electron chi connectivity index (χ4n) is 1.52. The van der Waals surface area contributed by atoms with E-state index in [-0.39, 0.29) is 5.95 Å². The van der Waals surface area contributed by atoms with Crippen LogP contribution < -0.4 is 11.6 Å². The van der Waals surface area contributed by atoms with Gasteiger partial charge in [-0.3, -0.25) is 0 Å². The monoisotopic (exact) mass is 217 g/mol. The number of nitrogens with zero attached hydrogens (tertiary/aromatic N) is 3. The average Bonchev–Trinajstić information content (AvgIpc) is 2.60. The minimum atomic E-state index is 0.249. The Balaban J connectivity index is 2.02. The fraction of sp³-hybridized carbons (Fsp3) is 0.273. The van der Waals surface area contributed by atoms with Gasteiger partial charge >= 0.3 is 0 Å². The molecule has 0 aliphatic rings. The zero-order valence-corrected chi connectivity index (χ0v) is 9.22. The Morgan fingerprint density at radius 3 is 2.38 bits per heavy atom. The molecule has 0 saturated heterocycles. The minimum Gasteiger partial charge on any atom is -0.366 e. The molecular formula is C11H15N5. The molecular weight excluding hydrogens is 202 g/mol. The SMILES string of the molecule is Cc1ccc(CCc2nnc(N)n2N)cc1. The van der Waals surface area contributed by atoms with Gasteiger partial charge in [0.2, 0.25) is 5.95 Å². The van der Waals surface area contributed by atoms with Crippen LogP contribution in [0.3, 0.4) is 0 Å². The lowest BCUT2D eigenvalue weighted by Gasteiger charge is -2.02. The fourth-order valence-corrected chi connectivity index (χ4v) is 1.52. The van der Waals surface area contributed by atoms with Crippen LogP contribution in [-0.4, -0.2) is 14.9 Å². The van der Waals surface area contributed by atoms with E-state index in [0.29, 0.717) is 5.82 Å². The Bertz CT molecular complexity index is 472. The van der Waals surface area contributed by atoms with E-state index in [9.17, 15) is 0 Å². The molecule has 5 nitrogen and oxygen atoms in total. The highest BCUT2D eigenvalue weighted by atomic mass is 15.4. The Morgan fingerprint density at radius 2 is 1.81 bits per heavy atom. The maximum Gasteiger partial charge on any atom is 0.240 e. The highest BCUT2D eigenvalue weighted by Gasteiger charge is 2.05. The third-order valence-corrected chi connectivity index (χ3v) is 2.55. The number of rotatable bonds is 3. The first-order valence-corrected chi connectivity index (χ1v) is 5.17. The first-order valence-electron chi connectivity index (χ1n) is 5.17. The number of hydrogen-bond acceptors (Lipinski definition) is 4. The van der Waals surface area contributed by atoms with Crippen molar-refractivity contribution in [3.63, 3.8) is 0 Å². The van der Waals surface area contributed by atoms with Crippen molar-refractivity contribution >= 4 is 5.95 Å². The molecule has 0 bridgehead atoms. The molecule has 0 saturated carbocycles. The van der Waals surface area contributed by atoms with Crippen molar-refractivity contribution in [2.24, 2.45) is 0 Å². The average molecular weight is 217 g/mol. The predicted octanol–water partition coefficient (Wildman–Crippen LogP) is 0.668. The molecule has 16 heavy (non-hydrogen) atoms. The van der Waals surface area contributed by atoms with E-state index in [0.717, 1.165) is 12.8 Å². The van der Waals surface area contributed by atoms with Gasteiger partial charge in [-0.2, -0.15) is 0 Å². The number of benzene rings is 1. The summed E-state index contributed by atoms with van der Waals surface area (Å²) < 4.78 is 1.33. The summed E-state index contributed by atoms with van der Waals surface area (Å²) in [5.74, 6) is 6.61. The highest BCUT2D eigenvalue weighted by molar-refractivity contribution is 5.22. The van der Waals surface area contributed by atoms with Crippen LogP contribution in [0.15, 0.2) is 24.3 Å². The van der Waals surface area contributed by atoms with Crippen molar-refractivity contribution in [3.05, 3.63) is 41.2 Å². The minimum absolute atomic E-state index is 0.249. The molecule has 2 aromatic rings. The van der Waals surface area contributed by atoms with Crippen LogP contribution in [0.25, 0.3) is 0 Å². The van der Waals surface area contributed by atoms with Gasteiger partial charge in [-0.1, -0.05) is 29.8 Å². The summed E-state index contributed by atoms with van der Waals surface area (Å²) in [5, 5.41) is 7.62. The van der Waals surface area contributed by atoms with Crippen LogP contribution >= 0.6 is 0 Å². The molecule has 0 spiro atoms. The molecule has 0 unspecified atom stereocenters. The first kappa shape index (κ1) is 10.5. The van der Waals surface area contributed by atoms with Crippen LogP contribution in [0.5, 0.6) is 0 Å². The lowest BCUT2D eigenvalue weighted by Crippen LogP contribution is -2.16. The Kier molecular flexibility index (Phi) is 2.76. The van der Waals surface area contributed by atoms with Gasteiger partial charge in [0.1, 0.15) is 0 Å². The summed E-state index contributed by atoms with van der Waals surface area (Å²) in [4.78, 5) is 0. The van der Waals surface area contributed by atoms with E-state index in [1.807, 2.05) is 0 Å². The van der Waals surface area contributed by atoms with Crippen molar-refractivity contribution in [3.8, 4) is 0 Å².